The van der Waals surface area contributed by atoms with Crippen LogP contribution in [0.15, 0.2) is 0 Å². The van der Waals surface area contributed by atoms with Crippen molar-refractivity contribution in [3.63, 3.8) is 0 Å². The Morgan fingerprint density at radius 3 is 0.778 bits per heavy atom. The van der Waals surface area contributed by atoms with E-state index < -0.39 is 41.1 Å². The average Bonchev–Trinajstić information content (AvgIpc) is 1.25. The fourth-order valence-corrected chi connectivity index (χ4v) is 0. The van der Waals surface area contributed by atoms with Crippen LogP contribution in [0.25, 0.3) is 0 Å². The molecule has 0 unspecified atom stereocenters. The van der Waals surface area contributed by atoms with Gasteiger partial charge in [0.25, 0.3) is 0 Å². The summed E-state index contributed by atoms with van der Waals surface area (Å²) >= 11 is -8.59. The van der Waals surface area contributed by atoms with Crippen LogP contribution in [0.2, 0.25) is 0 Å². The van der Waals surface area contributed by atoms with Gasteiger partial charge in [0.2, 0.25) is 0 Å². The van der Waals surface area contributed by atoms with E-state index >= 15 is 0 Å². The SMILES string of the molecule is [O]=[Sn]([O-])[O-].[O]=[Sn]([O-])[O-].[Zr+4]. The van der Waals surface area contributed by atoms with E-state index in [9.17, 15) is 0 Å². The Hall–Kier alpha value is 1.92. The van der Waals surface area contributed by atoms with Gasteiger partial charge in [-0.1, -0.05) is 0 Å². The zero-order valence-corrected chi connectivity index (χ0v) is 12.1. The summed E-state index contributed by atoms with van der Waals surface area (Å²) in [5.74, 6) is 0. The van der Waals surface area contributed by atoms with E-state index in [1.807, 2.05) is 0 Å². The summed E-state index contributed by atoms with van der Waals surface area (Å²) in [6.07, 6.45) is 0. The standard InChI is InChI=1S/6O.2Sn.Zr/q;;4*-1;;;+4. The maximum Gasteiger partial charge on any atom is 4.00 e. The third-order valence-corrected chi connectivity index (χ3v) is 0. The van der Waals surface area contributed by atoms with Crippen LogP contribution in [0.1, 0.15) is 0 Å². The molecule has 0 aromatic heterocycles. The van der Waals surface area contributed by atoms with E-state index in [4.69, 9.17) is 19.9 Å². The molecule has 0 fully saturated rings. The van der Waals surface area contributed by atoms with Crippen LogP contribution in [-0.2, 0) is 32.4 Å². The van der Waals surface area contributed by atoms with Crippen molar-refractivity contribution < 1.29 is 46.1 Å². The van der Waals surface area contributed by atoms with Crippen LogP contribution < -0.4 is 13.8 Å². The second-order valence-corrected chi connectivity index (χ2v) is 3.35. The van der Waals surface area contributed by atoms with Gasteiger partial charge in [-0.05, 0) is 0 Å². The van der Waals surface area contributed by atoms with Gasteiger partial charge < -0.3 is 0 Å². The first kappa shape index (κ1) is 17.1. The molecule has 48 valence electrons. The van der Waals surface area contributed by atoms with Crippen molar-refractivity contribution in [2.75, 3.05) is 0 Å². The normalized spacial score (nSPS) is 5.78. The summed E-state index contributed by atoms with van der Waals surface area (Å²) in [6.45, 7) is 0. The minimum atomic E-state index is -4.29. The number of hydrogen-bond donors (Lipinski definition) is 0. The molecular formula is O6Sn2Zr. The minimum absolute atomic E-state index is 0. The number of hydrogen-bond acceptors (Lipinski definition) is 6. The molecule has 0 saturated heterocycles. The molecule has 0 aliphatic rings. The van der Waals surface area contributed by atoms with Crippen LogP contribution in [0.3, 0.4) is 0 Å². The Morgan fingerprint density at radius 1 is 0.778 bits per heavy atom. The van der Waals surface area contributed by atoms with E-state index in [1.165, 1.54) is 0 Å². The quantitative estimate of drug-likeness (QED) is 0.357. The molecule has 0 atom stereocenters. The Kier molecular flexibility index (Phi) is 24.0. The molecule has 0 bridgehead atoms. The summed E-state index contributed by atoms with van der Waals surface area (Å²) in [6, 6.07) is 0. The maximum atomic E-state index is 8.61. The van der Waals surface area contributed by atoms with Crippen LogP contribution in [-0.4, -0.2) is 41.1 Å². The van der Waals surface area contributed by atoms with Gasteiger partial charge in [0, 0.05) is 0 Å². The Labute approximate surface area is 86.1 Å². The van der Waals surface area contributed by atoms with Gasteiger partial charge in [-0.25, -0.2) is 0 Å². The van der Waals surface area contributed by atoms with Gasteiger partial charge in [-0.15, -0.1) is 0 Å². The zero-order valence-electron chi connectivity index (χ0n) is 3.95. The molecule has 0 rings (SSSR count). The largest absolute Gasteiger partial charge is 4.00 e. The van der Waals surface area contributed by atoms with Gasteiger partial charge in [-0.2, -0.15) is 0 Å². The summed E-state index contributed by atoms with van der Waals surface area (Å²) in [5, 5.41) is 0. The first-order valence-electron chi connectivity index (χ1n) is 1.22. The summed E-state index contributed by atoms with van der Waals surface area (Å²) in [5.41, 5.74) is 0. The topological polar surface area (TPSA) is 126 Å². The molecule has 9 heavy (non-hydrogen) atoms. The van der Waals surface area contributed by atoms with E-state index in [1.54, 1.807) is 0 Å². The predicted molar refractivity (Wildman–Crippen MR) is 12.9 cm³/mol. The summed E-state index contributed by atoms with van der Waals surface area (Å²) in [4.78, 5) is 0. The van der Waals surface area contributed by atoms with Crippen molar-refractivity contribution >= 4 is 41.1 Å². The molecule has 0 radical (unpaired) electrons. The molecule has 6 nitrogen and oxygen atoms in total. The molecule has 0 spiro atoms. The van der Waals surface area contributed by atoms with Gasteiger partial charge in [-0.3, -0.25) is 0 Å². The molecule has 9 heteroatoms. The van der Waals surface area contributed by atoms with Crippen molar-refractivity contribution in [2.24, 2.45) is 0 Å². The molecular weight excluding hydrogens is 425 g/mol. The summed E-state index contributed by atoms with van der Waals surface area (Å²) < 4.78 is 51.7. The van der Waals surface area contributed by atoms with Gasteiger partial charge >= 0.3 is 87.3 Å². The van der Waals surface area contributed by atoms with Gasteiger partial charge in [0.15, 0.2) is 0 Å². The molecule has 0 amide bonds. The number of rotatable bonds is 0. The van der Waals surface area contributed by atoms with Crippen molar-refractivity contribution in [3.8, 4) is 0 Å². The second kappa shape index (κ2) is 12.6. The Morgan fingerprint density at radius 2 is 0.778 bits per heavy atom. The average molecular weight is 425 g/mol. The van der Waals surface area contributed by atoms with Crippen LogP contribution in [0.4, 0.5) is 0 Å². The molecule has 0 N–H and O–H groups in total. The van der Waals surface area contributed by atoms with Crippen LogP contribution in [0.5, 0.6) is 0 Å². The molecule has 0 saturated carbocycles. The van der Waals surface area contributed by atoms with E-state index in [0.717, 1.165) is 0 Å². The molecule has 0 heterocycles. The summed E-state index contributed by atoms with van der Waals surface area (Å²) in [7, 11) is 0. The molecule has 0 aromatic rings. The predicted octanol–water partition coefficient (Wildman–Crippen LogP) is -5.76. The van der Waals surface area contributed by atoms with Gasteiger partial charge in [0.1, 0.15) is 0 Å². The zero-order chi connectivity index (χ0) is 7.15. The Bertz CT molecular complexity index is 69.1. The fraction of sp³-hybridized carbons (Fsp3) is 0. The van der Waals surface area contributed by atoms with E-state index in [-0.39, 0.29) is 26.2 Å². The fourth-order valence-electron chi connectivity index (χ4n) is 0. The maximum absolute atomic E-state index is 8.61. The third-order valence-electron chi connectivity index (χ3n) is 0. The van der Waals surface area contributed by atoms with Crippen molar-refractivity contribution in [1.29, 1.82) is 0 Å². The molecule has 0 aliphatic carbocycles. The monoisotopic (exact) mass is 426 g/mol. The van der Waals surface area contributed by atoms with Gasteiger partial charge in [0.05, 0.1) is 0 Å². The van der Waals surface area contributed by atoms with Crippen LogP contribution >= 0.6 is 0 Å². The second-order valence-electron chi connectivity index (χ2n) is 0.500. The van der Waals surface area contributed by atoms with Crippen molar-refractivity contribution in [2.45, 2.75) is 0 Å². The van der Waals surface area contributed by atoms with E-state index in [2.05, 4.69) is 0 Å². The first-order valence-corrected chi connectivity index (χ1v) is 8.22. The smallest absolute Gasteiger partial charge is 4.00 e. The van der Waals surface area contributed by atoms with E-state index in [0.29, 0.717) is 0 Å². The Balaban J connectivity index is -0.0000000720. The van der Waals surface area contributed by atoms with Crippen molar-refractivity contribution in [1.82, 2.24) is 0 Å². The van der Waals surface area contributed by atoms with Crippen LogP contribution in [0, 0.1) is 0 Å². The van der Waals surface area contributed by atoms with Crippen molar-refractivity contribution in [3.05, 3.63) is 0 Å². The minimum Gasteiger partial charge on any atom is 4.00 e. The molecule has 0 aliphatic heterocycles. The molecule has 0 aromatic carbocycles. The first-order chi connectivity index (χ1) is 3.46. The third kappa shape index (κ3) is 169.